The number of aromatic amines is 1. The summed E-state index contributed by atoms with van der Waals surface area (Å²) in [6.45, 7) is 1.87. The lowest BCUT2D eigenvalue weighted by molar-refractivity contribution is -0.125. The summed E-state index contributed by atoms with van der Waals surface area (Å²) in [6, 6.07) is 7.02. The first-order valence-electron chi connectivity index (χ1n) is 8.59. The lowest BCUT2D eigenvalue weighted by atomic mass is 10.1. The number of nitrogens with one attached hydrogen (secondary N) is 2. The first-order chi connectivity index (χ1) is 12.1. The summed E-state index contributed by atoms with van der Waals surface area (Å²) in [5.41, 5.74) is 1.84. The minimum absolute atomic E-state index is 0.0698. The van der Waals surface area contributed by atoms with Crippen LogP contribution in [0.15, 0.2) is 34.4 Å². The molecule has 25 heavy (non-hydrogen) atoms. The summed E-state index contributed by atoms with van der Waals surface area (Å²) in [7, 11) is 0. The minimum atomic E-state index is -0.286. The maximum Gasteiger partial charge on any atom is 0.272 e. The molecule has 7 heteroatoms. The summed E-state index contributed by atoms with van der Waals surface area (Å²) in [5.74, 6) is 0.172. The lowest BCUT2D eigenvalue weighted by Crippen LogP contribution is -2.32. The number of carbonyl (C=O) groups is 1. The van der Waals surface area contributed by atoms with Crippen LogP contribution < -0.4 is 10.9 Å². The van der Waals surface area contributed by atoms with Crippen LogP contribution in [-0.4, -0.2) is 20.5 Å². The Morgan fingerprint density at radius 3 is 2.92 bits per heavy atom. The molecule has 130 valence electrons. The van der Waals surface area contributed by atoms with E-state index in [1.807, 2.05) is 30.5 Å². The number of hydrogen-bond donors (Lipinski definition) is 2. The fourth-order valence-electron chi connectivity index (χ4n) is 3.38. The first kappa shape index (κ1) is 16.1. The Morgan fingerprint density at radius 2 is 2.20 bits per heavy atom. The van der Waals surface area contributed by atoms with E-state index in [2.05, 4.69) is 15.4 Å². The van der Waals surface area contributed by atoms with Crippen molar-refractivity contribution >= 4 is 22.9 Å². The van der Waals surface area contributed by atoms with Gasteiger partial charge >= 0.3 is 0 Å². The molecule has 1 atom stereocenters. The number of fused-ring (bicyclic) bond motifs is 1. The van der Waals surface area contributed by atoms with Crippen LogP contribution in [0.5, 0.6) is 0 Å². The molecule has 0 aromatic carbocycles. The van der Waals surface area contributed by atoms with Gasteiger partial charge in [-0.2, -0.15) is 0 Å². The number of H-pyrrole nitrogens is 1. The van der Waals surface area contributed by atoms with Gasteiger partial charge in [-0.1, -0.05) is 18.9 Å². The maximum atomic E-state index is 12.4. The van der Waals surface area contributed by atoms with E-state index in [4.69, 9.17) is 0 Å². The van der Waals surface area contributed by atoms with Crippen LogP contribution in [-0.2, 0) is 4.79 Å². The van der Waals surface area contributed by atoms with Crippen molar-refractivity contribution in [1.82, 2.24) is 19.9 Å². The summed E-state index contributed by atoms with van der Waals surface area (Å²) < 4.78 is 1.43. The molecule has 3 heterocycles. The van der Waals surface area contributed by atoms with E-state index in [9.17, 15) is 9.59 Å². The highest BCUT2D eigenvalue weighted by molar-refractivity contribution is 7.13. The summed E-state index contributed by atoms with van der Waals surface area (Å²) >= 11 is 1.60. The standard InChI is InChI=1S/C18H20N4O2S/c1-11(19-18(24)12-5-2-3-6-12)13-10-17(23)22-16(20-13)9-14(21-22)15-7-4-8-25-15/h4,7-12,21H,2-3,5-6H2,1H3,(H,19,24)/t11-/m0/s1. The average molecular weight is 356 g/mol. The van der Waals surface area contributed by atoms with Gasteiger partial charge in [0, 0.05) is 18.1 Å². The smallest absolute Gasteiger partial charge is 0.272 e. The molecule has 3 aromatic rings. The fourth-order valence-corrected chi connectivity index (χ4v) is 4.07. The SMILES string of the molecule is C[C@H](NC(=O)C1CCCC1)c1cc(=O)n2[nH]c(-c3cccs3)cc2n1. The van der Waals surface area contributed by atoms with Crippen molar-refractivity contribution in [2.75, 3.05) is 0 Å². The van der Waals surface area contributed by atoms with E-state index in [1.54, 1.807) is 11.3 Å². The molecule has 1 amide bonds. The van der Waals surface area contributed by atoms with Gasteiger partial charge in [-0.15, -0.1) is 11.3 Å². The second-order valence-electron chi connectivity index (χ2n) is 6.57. The quantitative estimate of drug-likeness (QED) is 0.754. The Kier molecular flexibility index (Phi) is 4.17. The molecule has 0 unspecified atom stereocenters. The van der Waals surface area contributed by atoms with E-state index in [0.29, 0.717) is 11.3 Å². The van der Waals surface area contributed by atoms with Crippen molar-refractivity contribution in [1.29, 1.82) is 0 Å². The van der Waals surface area contributed by atoms with Crippen molar-refractivity contribution in [3.8, 4) is 10.6 Å². The second-order valence-corrected chi connectivity index (χ2v) is 7.52. The van der Waals surface area contributed by atoms with Gasteiger partial charge in [-0.05, 0) is 31.2 Å². The zero-order chi connectivity index (χ0) is 17.4. The first-order valence-corrected chi connectivity index (χ1v) is 9.47. The Morgan fingerprint density at radius 1 is 1.40 bits per heavy atom. The Labute approximate surface area is 148 Å². The van der Waals surface area contributed by atoms with Crippen LogP contribution in [0.1, 0.15) is 44.3 Å². The normalized spacial score (nSPS) is 16.4. The van der Waals surface area contributed by atoms with Crippen molar-refractivity contribution in [3.05, 3.63) is 45.7 Å². The molecular formula is C18H20N4O2S. The zero-order valence-corrected chi connectivity index (χ0v) is 14.8. The minimum Gasteiger partial charge on any atom is -0.348 e. The predicted molar refractivity (Wildman–Crippen MR) is 97.6 cm³/mol. The maximum absolute atomic E-state index is 12.4. The number of amides is 1. The Hall–Kier alpha value is -2.41. The van der Waals surface area contributed by atoms with E-state index in [0.717, 1.165) is 36.3 Å². The number of rotatable bonds is 4. The summed E-state index contributed by atoms with van der Waals surface area (Å²) in [5, 5.41) is 8.08. The number of hydrogen-bond acceptors (Lipinski definition) is 4. The molecule has 1 aliphatic rings. The summed E-state index contributed by atoms with van der Waals surface area (Å²) in [4.78, 5) is 30.3. The predicted octanol–water partition coefficient (Wildman–Crippen LogP) is 3.12. The topological polar surface area (TPSA) is 79.3 Å². The third-order valence-electron chi connectivity index (χ3n) is 4.79. The molecule has 0 saturated heterocycles. The highest BCUT2D eigenvalue weighted by atomic mass is 32.1. The molecule has 0 aliphatic heterocycles. The van der Waals surface area contributed by atoms with Gasteiger partial charge < -0.3 is 5.32 Å². The fraction of sp³-hybridized carbons (Fsp3) is 0.389. The molecule has 3 aromatic heterocycles. The highest BCUT2D eigenvalue weighted by Crippen LogP contribution is 2.26. The van der Waals surface area contributed by atoms with Crippen LogP contribution in [0.4, 0.5) is 0 Å². The van der Waals surface area contributed by atoms with Crippen molar-refractivity contribution in [2.24, 2.45) is 5.92 Å². The van der Waals surface area contributed by atoms with Crippen LogP contribution in [0.2, 0.25) is 0 Å². The van der Waals surface area contributed by atoms with Crippen molar-refractivity contribution in [2.45, 2.75) is 38.6 Å². The van der Waals surface area contributed by atoms with Crippen LogP contribution in [0, 0.1) is 5.92 Å². The molecule has 2 N–H and O–H groups in total. The van der Waals surface area contributed by atoms with E-state index < -0.39 is 0 Å². The number of carbonyl (C=O) groups excluding carboxylic acids is 1. The number of aromatic nitrogens is 3. The molecule has 0 bridgehead atoms. The van der Waals surface area contributed by atoms with Crippen LogP contribution >= 0.6 is 11.3 Å². The van der Waals surface area contributed by atoms with Crippen molar-refractivity contribution < 1.29 is 4.79 Å². The lowest BCUT2D eigenvalue weighted by Gasteiger charge is -2.16. The molecule has 0 radical (unpaired) electrons. The molecular weight excluding hydrogens is 336 g/mol. The molecule has 0 spiro atoms. The van der Waals surface area contributed by atoms with E-state index in [1.165, 1.54) is 10.6 Å². The third kappa shape index (κ3) is 3.11. The van der Waals surface area contributed by atoms with E-state index in [-0.39, 0.29) is 23.4 Å². The van der Waals surface area contributed by atoms with Gasteiger partial charge in [-0.3, -0.25) is 14.7 Å². The van der Waals surface area contributed by atoms with Crippen LogP contribution in [0.3, 0.4) is 0 Å². The number of nitrogens with zero attached hydrogens (tertiary/aromatic N) is 2. The average Bonchev–Trinajstić information content (AvgIpc) is 3.33. The van der Waals surface area contributed by atoms with Gasteiger partial charge in [0.05, 0.1) is 22.3 Å². The molecule has 6 nitrogen and oxygen atoms in total. The molecule has 4 rings (SSSR count). The van der Waals surface area contributed by atoms with Gasteiger partial charge in [-0.25, -0.2) is 9.50 Å². The molecule has 1 fully saturated rings. The third-order valence-corrected chi connectivity index (χ3v) is 5.69. The highest BCUT2D eigenvalue weighted by Gasteiger charge is 2.24. The summed E-state index contributed by atoms with van der Waals surface area (Å²) in [6.07, 6.45) is 4.14. The Bertz CT molecular complexity index is 951. The zero-order valence-electron chi connectivity index (χ0n) is 14.0. The second kappa shape index (κ2) is 6.48. The molecule has 1 saturated carbocycles. The van der Waals surface area contributed by atoms with Crippen molar-refractivity contribution in [3.63, 3.8) is 0 Å². The van der Waals surface area contributed by atoms with E-state index >= 15 is 0 Å². The molecule has 1 aliphatic carbocycles. The van der Waals surface area contributed by atoms with Crippen LogP contribution in [0.25, 0.3) is 16.2 Å². The van der Waals surface area contributed by atoms with Gasteiger partial charge in [0.15, 0.2) is 5.65 Å². The van der Waals surface area contributed by atoms with Gasteiger partial charge in [0.25, 0.3) is 5.56 Å². The van der Waals surface area contributed by atoms with Gasteiger partial charge in [0.1, 0.15) is 0 Å². The van der Waals surface area contributed by atoms with Gasteiger partial charge in [0.2, 0.25) is 5.91 Å². The Balaban J connectivity index is 1.61. The largest absolute Gasteiger partial charge is 0.348 e. The number of thiophene rings is 1. The monoisotopic (exact) mass is 356 g/mol.